The molecular weight excluding hydrogens is 211 g/mol. The first-order valence-corrected chi connectivity index (χ1v) is 3.93. The first kappa shape index (κ1) is 19.1. The minimum absolute atomic E-state index is 0. The Morgan fingerprint density at radius 2 is 1.08 bits per heavy atom. The molecule has 84 valence electrons. The molecular formula is C8H22Cl2N2O. The molecule has 0 aromatic rings. The van der Waals surface area contributed by atoms with Crippen molar-refractivity contribution in [2.45, 2.75) is 38.9 Å². The summed E-state index contributed by atoms with van der Waals surface area (Å²) in [5, 5.41) is 0. The van der Waals surface area contributed by atoms with Gasteiger partial charge >= 0.3 is 0 Å². The molecule has 0 aliphatic rings. The molecule has 0 fully saturated rings. The van der Waals surface area contributed by atoms with Crippen LogP contribution < -0.4 is 11.5 Å². The number of hydrogen-bond acceptors (Lipinski definition) is 3. The van der Waals surface area contributed by atoms with E-state index in [2.05, 4.69) is 0 Å². The summed E-state index contributed by atoms with van der Waals surface area (Å²) in [6.45, 7) is 8.87. The molecule has 3 nitrogen and oxygen atoms in total. The van der Waals surface area contributed by atoms with Crippen LogP contribution in [-0.2, 0) is 4.74 Å². The van der Waals surface area contributed by atoms with E-state index < -0.39 is 0 Å². The Morgan fingerprint density at radius 1 is 0.846 bits per heavy atom. The highest BCUT2D eigenvalue weighted by atomic mass is 35.5. The van der Waals surface area contributed by atoms with Crippen LogP contribution in [0.2, 0.25) is 0 Å². The molecule has 0 radical (unpaired) electrons. The van der Waals surface area contributed by atoms with E-state index in [4.69, 9.17) is 16.2 Å². The number of ether oxygens (including phenoxy) is 1. The molecule has 13 heavy (non-hydrogen) atoms. The number of nitrogens with two attached hydrogens (primary N) is 2. The molecule has 0 spiro atoms. The van der Waals surface area contributed by atoms with Crippen LogP contribution in [0.15, 0.2) is 0 Å². The summed E-state index contributed by atoms with van der Waals surface area (Å²) in [6.07, 6.45) is 0. The fourth-order valence-electron chi connectivity index (χ4n) is 0.831. The third kappa shape index (κ3) is 8.78. The third-order valence-corrected chi connectivity index (χ3v) is 1.54. The van der Waals surface area contributed by atoms with Crippen LogP contribution in [-0.4, -0.2) is 24.3 Å². The van der Waals surface area contributed by atoms with Gasteiger partial charge in [0.2, 0.25) is 0 Å². The lowest BCUT2D eigenvalue weighted by Gasteiger charge is -2.34. The Balaban J connectivity index is -0.000000500. The molecule has 0 rings (SSSR count). The lowest BCUT2D eigenvalue weighted by molar-refractivity contribution is -0.111. The van der Waals surface area contributed by atoms with Gasteiger partial charge in [-0.05, 0) is 27.7 Å². The second-order valence-electron chi connectivity index (χ2n) is 4.03. The quantitative estimate of drug-likeness (QED) is 0.769. The Hall–Kier alpha value is 0.460. The summed E-state index contributed by atoms with van der Waals surface area (Å²) in [4.78, 5) is 0. The average molecular weight is 233 g/mol. The zero-order valence-electron chi connectivity index (χ0n) is 8.79. The molecule has 0 amide bonds. The van der Waals surface area contributed by atoms with Gasteiger partial charge in [-0.15, -0.1) is 24.8 Å². The Bertz CT molecular complexity index is 115. The van der Waals surface area contributed by atoms with Gasteiger partial charge in [0, 0.05) is 13.1 Å². The average Bonchev–Trinajstić information content (AvgIpc) is 1.86. The van der Waals surface area contributed by atoms with Gasteiger partial charge in [-0.25, -0.2) is 0 Å². The Kier molecular flexibility index (Phi) is 10.1. The lowest BCUT2D eigenvalue weighted by atomic mass is 10.1. The first-order chi connectivity index (χ1) is 4.83. The number of rotatable bonds is 4. The van der Waals surface area contributed by atoms with Crippen molar-refractivity contribution in [2.24, 2.45) is 11.5 Å². The highest BCUT2D eigenvalue weighted by molar-refractivity contribution is 5.85. The van der Waals surface area contributed by atoms with Crippen molar-refractivity contribution in [3.8, 4) is 0 Å². The minimum Gasteiger partial charge on any atom is -0.367 e. The predicted molar refractivity (Wildman–Crippen MR) is 61.8 cm³/mol. The zero-order valence-corrected chi connectivity index (χ0v) is 10.4. The molecule has 5 heteroatoms. The lowest BCUT2D eigenvalue weighted by Crippen LogP contribution is -2.45. The molecule has 0 heterocycles. The van der Waals surface area contributed by atoms with E-state index >= 15 is 0 Å². The van der Waals surface area contributed by atoms with E-state index in [0.29, 0.717) is 13.1 Å². The monoisotopic (exact) mass is 232 g/mol. The van der Waals surface area contributed by atoms with Crippen molar-refractivity contribution in [1.82, 2.24) is 0 Å². The summed E-state index contributed by atoms with van der Waals surface area (Å²) in [5.41, 5.74) is 10.5. The van der Waals surface area contributed by atoms with Gasteiger partial charge in [0.1, 0.15) is 0 Å². The molecule has 0 bridgehead atoms. The highest BCUT2D eigenvalue weighted by Crippen LogP contribution is 2.17. The SMILES string of the molecule is CC(C)(CN)OC(C)(C)CN.Cl.Cl. The molecule has 0 aromatic heterocycles. The minimum atomic E-state index is -0.275. The van der Waals surface area contributed by atoms with Crippen molar-refractivity contribution < 1.29 is 4.74 Å². The van der Waals surface area contributed by atoms with Gasteiger partial charge in [0.15, 0.2) is 0 Å². The van der Waals surface area contributed by atoms with Gasteiger partial charge in [0.25, 0.3) is 0 Å². The first-order valence-electron chi connectivity index (χ1n) is 3.93. The van der Waals surface area contributed by atoms with E-state index in [0.717, 1.165) is 0 Å². The normalized spacial score (nSPS) is 11.5. The van der Waals surface area contributed by atoms with Crippen LogP contribution in [0, 0.1) is 0 Å². The summed E-state index contributed by atoms with van der Waals surface area (Å²) < 4.78 is 5.67. The van der Waals surface area contributed by atoms with E-state index in [-0.39, 0.29) is 36.0 Å². The van der Waals surface area contributed by atoms with Crippen LogP contribution >= 0.6 is 24.8 Å². The maximum atomic E-state index is 5.67. The third-order valence-electron chi connectivity index (χ3n) is 1.54. The highest BCUT2D eigenvalue weighted by Gasteiger charge is 2.26. The predicted octanol–water partition coefficient (Wildman–Crippen LogP) is 1.32. The smallest absolute Gasteiger partial charge is 0.0756 e. The molecule has 0 saturated carbocycles. The molecule has 0 aromatic carbocycles. The molecule has 0 unspecified atom stereocenters. The van der Waals surface area contributed by atoms with E-state index in [1.54, 1.807) is 0 Å². The molecule has 0 aliphatic carbocycles. The van der Waals surface area contributed by atoms with Gasteiger partial charge in [0.05, 0.1) is 11.2 Å². The molecule has 0 saturated heterocycles. The van der Waals surface area contributed by atoms with Crippen molar-refractivity contribution in [1.29, 1.82) is 0 Å². The van der Waals surface area contributed by atoms with Crippen molar-refractivity contribution in [3.63, 3.8) is 0 Å². The van der Waals surface area contributed by atoms with Crippen LogP contribution in [0.4, 0.5) is 0 Å². The van der Waals surface area contributed by atoms with Crippen molar-refractivity contribution >= 4 is 24.8 Å². The maximum Gasteiger partial charge on any atom is 0.0756 e. The largest absolute Gasteiger partial charge is 0.367 e. The van der Waals surface area contributed by atoms with Gasteiger partial charge in [-0.1, -0.05) is 0 Å². The van der Waals surface area contributed by atoms with E-state index in [1.807, 2.05) is 27.7 Å². The van der Waals surface area contributed by atoms with Crippen LogP contribution in [0.1, 0.15) is 27.7 Å². The maximum absolute atomic E-state index is 5.67. The van der Waals surface area contributed by atoms with Crippen molar-refractivity contribution in [2.75, 3.05) is 13.1 Å². The second kappa shape index (κ2) is 6.85. The fraction of sp³-hybridized carbons (Fsp3) is 1.00. The summed E-state index contributed by atoms with van der Waals surface area (Å²) in [6, 6.07) is 0. The Morgan fingerprint density at radius 3 is 1.23 bits per heavy atom. The van der Waals surface area contributed by atoms with Gasteiger partial charge in [-0.2, -0.15) is 0 Å². The number of hydrogen-bond donors (Lipinski definition) is 2. The molecule has 0 aliphatic heterocycles. The standard InChI is InChI=1S/C8H20N2O.2ClH/c1-7(2,5-9)11-8(3,4)6-10;;/h5-6,9-10H2,1-4H3;2*1H. The van der Waals surface area contributed by atoms with E-state index in [9.17, 15) is 0 Å². The van der Waals surface area contributed by atoms with Gasteiger partial charge in [-0.3, -0.25) is 0 Å². The van der Waals surface area contributed by atoms with E-state index in [1.165, 1.54) is 0 Å². The van der Waals surface area contributed by atoms with Gasteiger partial charge < -0.3 is 16.2 Å². The summed E-state index contributed by atoms with van der Waals surface area (Å²) in [7, 11) is 0. The van der Waals surface area contributed by atoms with Crippen LogP contribution in [0.25, 0.3) is 0 Å². The summed E-state index contributed by atoms with van der Waals surface area (Å²) in [5.74, 6) is 0. The summed E-state index contributed by atoms with van der Waals surface area (Å²) >= 11 is 0. The van der Waals surface area contributed by atoms with Crippen LogP contribution in [0.5, 0.6) is 0 Å². The van der Waals surface area contributed by atoms with Crippen LogP contribution in [0.3, 0.4) is 0 Å². The fourth-order valence-corrected chi connectivity index (χ4v) is 0.831. The Labute approximate surface area is 93.4 Å². The zero-order chi connectivity index (χ0) is 9.12. The molecule has 4 N–H and O–H groups in total. The van der Waals surface area contributed by atoms with Crippen molar-refractivity contribution in [3.05, 3.63) is 0 Å². The topological polar surface area (TPSA) is 61.3 Å². The second-order valence-corrected chi connectivity index (χ2v) is 4.03. The molecule has 0 atom stereocenters. The number of halogens is 2.